The molecule has 0 aromatic carbocycles. The highest BCUT2D eigenvalue weighted by Gasteiger charge is 2.88. The first-order valence-electron chi connectivity index (χ1n) is 5.76. The summed E-state index contributed by atoms with van der Waals surface area (Å²) in [6.07, 6.45) is -15.2. The van der Waals surface area contributed by atoms with Crippen LogP contribution in [0.15, 0.2) is 12.2 Å². The van der Waals surface area contributed by atoms with Crippen LogP contribution in [0.2, 0.25) is 0 Å². The monoisotopic (exact) mass is 464 g/mol. The van der Waals surface area contributed by atoms with Crippen LogP contribution in [0, 0.1) is 0 Å². The average Bonchev–Trinajstić information content (AvgIpc) is 2.42. The van der Waals surface area contributed by atoms with Gasteiger partial charge in [0.2, 0.25) is 0 Å². The Morgan fingerprint density at radius 3 is 0.679 bits per heavy atom. The van der Waals surface area contributed by atoms with Gasteiger partial charge in [-0.25, -0.2) is 0 Å². The summed E-state index contributed by atoms with van der Waals surface area (Å²) in [6, 6.07) is 0. The Kier molecular flexibility index (Phi) is 5.90. The van der Waals surface area contributed by atoms with E-state index < -0.39 is 53.5 Å². The zero-order chi connectivity index (χ0) is 23.6. The normalized spacial score (nSPS) is 16.4. The van der Waals surface area contributed by atoms with Crippen LogP contribution >= 0.6 is 0 Å². The summed E-state index contributed by atoms with van der Waals surface area (Å²) in [5.41, 5.74) is -4.75. The Balaban J connectivity index is 6.54. The third-order valence-electron chi connectivity index (χ3n) is 3.05. The summed E-state index contributed by atoms with van der Waals surface area (Å²) in [7, 11) is 0. The molecule has 0 aromatic heterocycles. The fourth-order valence-corrected chi connectivity index (χ4v) is 1.33. The van der Waals surface area contributed by atoms with Crippen molar-refractivity contribution < 1.29 is 79.0 Å². The van der Waals surface area contributed by atoms with E-state index in [1.54, 1.807) is 0 Å². The molecule has 168 valence electrons. The third kappa shape index (κ3) is 3.25. The number of hydrogen-bond donors (Lipinski definition) is 0. The first kappa shape index (κ1) is 26.5. The molecule has 0 unspecified atom stereocenters. The molecule has 0 aromatic rings. The second-order valence-corrected chi connectivity index (χ2v) is 4.92. The summed E-state index contributed by atoms with van der Waals surface area (Å²) >= 11 is 0. The van der Waals surface area contributed by atoms with E-state index >= 15 is 0 Å². The molecular formula is C10H2F18. The van der Waals surface area contributed by atoms with Gasteiger partial charge in [-0.1, -0.05) is 6.58 Å². The van der Waals surface area contributed by atoms with Gasteiger partial charge in [0, 0.05) is 0 Å². The molecule has 28 heavy (non-hydrogen) atoms. The van der Waals surface area contributed by atoms with Crippen LogP contribution in [-0.4, -0.2) is 47.9 Å². The summed E-state index contributed by atoms with van der Waals surface area (Å²) in [5, 5.41) is 0. The van der Waals surface area contributed by atoms with Gasteiger partial charge in [-0.15, -0.1) is 0 Å². The highest BCUT2D eigenvalue weighted by molar-refractivity contribution is 5.29. The minimum absolute atomic E-state index is 0.960. The Morgan fingerprint density at radius 1 is 0.357 bits per heavy atom. The van der Waals surface area contributed by atoms with Crippen molar-refractivity contribution in [2.75, 3.05) is 0 Å². The molecule has 0 amide bonds. The van der Waals surface area contributed by atoms with Crippen LogP contribution in [-0.2, 0) is 0 Å². The van der Waals surface area contributed by atoms with E-state index in [1.807, 2.05) is 0 Å². The summed E-state index contributed by atoms with van der Waals surface area (Å²) in [4.78, 5) is 0. The summed E-state index contributed by atoms with van der Waals surface area (Å²) in [6.45, 7) is 0.960. The number of hydrogen-bond acceptors (Lipinski definition) is 0. The lowest BCUT2D eigenvalue weighted by Gasteiger charge is -2.39. The Morgan fingerprint density at radius 2 is 0.536 bits per heavy atom. The van der Waals surface area contributed by atoms with Crippen LogP contribution in [0.4, 0.5) is 79.0 Å². The maximum absolute atomic E-state index is 13.2. The van der Waals surface area contributed by atoms with Gasteiger partial charge in [-0.3, -0.25) is 0 Å². The smallest absolute Gasteiger partial charge is 0.194 e. The largest absolute Gasteiger partial charge is 0.460 e. The van der Waals surface area contributed by atoms with Crippen LogP contribution in [0.5, 0.6) is 0 Å². The predicted molar refractivity (Wildman–Crippen MR) is 50.9 cm³/mol. The van der Waals surface area contributed by atoms with Crippen LogP contribution in [0.3, 0.4) is 0 Å². The molecule has 0 bridgehead atoms. The number of alkyl halides is 18. The molecule has 0 fully saturated rings. The van der Waals surface area contributed by atoms with Crippen molar-refractivity contribution in [1.29, 1.82) is 0 Å². The van der Waals surface area contributed by atoms with E-state index in [1.165, 1.54) is 0 Å². The SMILES string of the molecule is C=C(C(F)(F)C(F)(F)C(F)(F)C(F)(F)F)C(F)(F)C(F)(F)C(F)(F)C(F)(F)F. The van der Waals surface area contributed by atoms with E-state index in [0.29, 0.717) is 0 Å². The van der Waals surface area contributed by atoms with Crippen molar-refractivity contribution in [1.82, 2.24) is 0 Å². The number of rotatable bonds is 6. The van der Waals surface area contributed by atoms with E-state index in [-0.39, 0.29) is 0 Å². The molecule has 18 heteroatoms. The van der Waals surface area contributed by atoms with Crippen LogP contribution in [0.25, 0.3) is 0 Å². The molecule has 0 atom stereocenters. The average molecular weight is 464 g/mol. The molecule has 0 radical (unpaired) electrons. The standard InChI is InChI=1S/C10H2F18/c1-2(3(11,12)5(15,16)7(19,20)9(23,24)25)4(13,14)6(17,18)8(21,22)10(26,27)28/h1H2. The summed E-state index contributed by atoms with van der Waals surface area (Å²) < 4.78 is 225. The number of allylic oxidation sites excluding steroid dienone is 1. The summed E-state index contributed by atoms with van der Waals surface area (Å²) in [5.74, 6) is -47.5. The minimum Gasteiger partial charge on any atom is -0.194 e. The Labute approximate surface area is 140 Å². The van der Waals surface area contributed by atoms with Crippen molar-refractivity contribution in [2.45, 2.75) is 47.9 Å². The lowest BCUT2D eigenvalue weighted by molar-refractivity contribution is -0.406. The highest BCUT2D eigenvalue weighted by atomic mass is 19.4. The second kappa shape index (κ2) is 6.24. The maximum Gasteiger partial charge on any atom is 0.460 e. The fourth-order valence-electron chi connectivity index (χ4n) is 1.33. The molecular weight excluding hydrogens is 462 g/mol. The predicted octanol–water partition coefficient (Wildman–Crippen LogP) is 6.48. The van der Waals surface area contributed by atoms with Gasteiger partial charge in [0.1, 0.15) is 0 Å². The first-order chi connectivity index (χ1) is 11.7. The Hall–Kier alpha value is -1.52. The van der Waals surface area contributed by atoms with Gasteiger partial charge >= 0.3 is 47.9 Å². The molecule has 0 aliphatic heterocycles. The molecule has 0 N–H and O–H groups in total. The van der Waals surface area contributed by atoms with Crippen LogP contribution in [0.1, 0.15) is 0 Å². The topological polar surface area (TPSA) is 0 Å². The van der Waals surface area contributed by atoms with Gasteiger partial charge in [-0.2, -0.15) is 79.0 Å². The van der Waals surface area contributed by atoms with Crippen molar-refractivity contribution in [3.05, 3.63) is 12.2 Å². The fraction of sp³-hybridized carbons (Fsp3) is 0.800. The first-order valence-corrected chi connectivity index (χ1v) is 5.76. The van der Waals surface area contributed by atoms with Gasteiger partial charge in [0.05, 0.1) is 5.57 Å². The maximum atomic E-state index is 13.2. The van der Waals surface area contributed by atoms with E-state index in [4.69, 9.17) is 0 Å². The van der Waals surface area contributed by atoms with Crippen molar-refractivity contribution >= 4 is 0 Å². The molecule has 0 saturated carbocycles. The highest BCUT2D eigenvalue weighted by Crippen LogP contribution is 2.61. The van der Waals surface area contributed by atoms with Gasteiger partial charge < -0.3 is 0 Å². The zero-order valence-corrected chi connectivity index (χ0v) is 12.0. The number of halogens is 18. The quantitative estimate of drug-likeness (QED) is 0.312. The lowest BCUT2D eigenvalue weighted by atomic mass is 9.88. The Bertz CT molecular complexity index is 549. The van der Waals surface area contributed by atoms with Gasteiger partial charge in [-0.05, 0) is 0 Å². The van der Waals surface area contributed by atoms with Gasteiger partial charge in [0.15, 0.2) is 0 Å². The molecule has 0 heterocycles. The van der Waals surface area contributed by atoms with Crippen molar-refractivity contribution in [2.24, 2.45) is 0 Å². The van der Waals surface area contributed by atoms with Crippen molar-refractivity contribution in [3.63, 3.8) is 0 Å². The molecule has 0 aliphatic rings. The van der Waals surface area contributed by atoms with Gasteiger partial charge in [0.25, 0.3) is 0 Å². The molecule has 0 spiro atoms. The van der Waals surface area contributed by atoms with Crippen molar-refractivity contribution in [3.8, 4) is 0 Å². The van der Waals surface area contributed by atoms with Crippen LogP contribution < -0.4 is 0 Å². The van der Waals surface area contributed by atoms with E-state index in [0.717, 1.165) is 6.58 Å². The van der Waals surface area contributed by atoms with E-state index in [9.17, 15) is 79.0 Å². The molecule has 0 saturated heterocycles. The van der Waals surface area contributed by atoms with E-state index in [2.05, 4.69) is 0 Å². The lowest BCUT2D eigenvalue weighted by Crippen LogP contribution is -2.67. The minimum atomic E-state index is -8.05. The second-order valence-electron chi connectivity index (χ2n) is 4.92. The third-order valence-corrected chi connectivity index (χ3v) is 3.05. The molecule has 0 rings (SSSR count). The molecule has 0 aliphatic carbocycles. The molecule has 0 nitrogen and oxygen atoms in total. The zero-order valence-electron chi connectivity index (χ0n) is 12.0.